The highest BCUT2D eigenvalue weighted by molar-refractivity contribution is 5.94. The molecule has 19 heavy (non-hydrogen) atoms. The SMILES string of the molecule is CC(=O)c1ccc(OCC(=O)O[C@@H](C)C(N)=O)cc1. The van der Waals surface area contributed by atoms with Crippen LogP contribution >= 0.6 is 0 Å². The molecule has 0 heterocycles. The summed E-state index contributed by atoms with van der Waals surface area (Å²) in [6.07, 6.45) is -0.990. The van der Waals surface area contributed by atoms with Crippen LogP contribution in [0.25, 0.3) is 0 Å². The molecule has 0 aromatic heterocycles. The molecule has 1 atom stereocenters. The molecule has 0 radical (unpaired) electrons. The summed E-state index contributed by atoms with van der Waals surface area (Å²) in [5.41, 5.74) is 5.50. The highest BCUT2D eigenvalue weighted by Gasteiger charge is 2.14. The highest BCUT2D eigenvalue weighted by Crippen LogP contribution is 2.12. The summed E-state index contributed by atoms with van der Waals surface area (Å²) in [5.74, 6) is -1.05. The molecule has 2 N–H and O–H groups in total. The fourth-order valence-electron chi connectivity index (χ4n) is 1.22. The summed E-state index contributed by atoms with van der Waals surface area (Å²) in [5, 5.41) is 0. The second-order valence-electron chi connectivity index (χ2n) is 3.90. The van der Waals surface area contributed by atoms with E-state index in [0.717, 1.165) is 0 Å². The van der Waals surface area contributed by atoms with E-state index in [0.29, 0.717) is 11.3 Å². The van der Waals surface area contributed by atoms with E-state index in [1.807, 2.05) is 0 Å². The van der Waals surface area contributed by atoms with Gasteiger partial charge in [0.15, 0.2) is 18.5 Å². The molecule has 0 unspecified atom stereocenters. The normalized spacial score (nSPS) is 11.5. The zero-order valence-corrected chi connectivity index (χ0v) is 10.7. The summed E-state index contributed by atoms with van der Waals surface area (Å²) in [6, 6.07) is 6.33. The van der Waals surface area contributed by atoms with Crippen molar-refractivity contribution < 1.29 is 23.9 Å². The van der Waals surface area contributed by atoms with Crippen molar-refractivity contribution in [2.75, 3.05) is 6.61 Å². The zero-order chi connectivity index (χ0) is 14.4. The van der Waals surface area contributed by atoms with Gasteiger partial charge in [0.1, 0.15) is 5.75 Å². The number of primary amides is 1. The van der Waals surface area contributed by atoms with Gasteiger partial charge in [0.05, 0.1) is 0 Å². The molecule has 1 rings (SSSR count). The van der Waals surface area contributed by atoms with Crippen molar-refractivity contribution in [2.45, 2.75) is 20.0 Å². The molecular formula is C13H15NO5. The maximum atomic E-state index is 11.3. The number of rotatable bonds is 6. The van der Waals surface area contributed by atoms with E-state index >= 15 is 0 Å². The van der Waals surface area contributed by atoms with Gasteiger partial charge in [-0.3, -0.25) is 9.59 Å². The van der Waals surface area contributed by atoms with Crippen molar-refractivity contribution in [1.82, 2.24) is 0 Å². The maximum Gasteiger partial charge on any atom is 0.344 e. The molecule has 0 bridgehead atoms. The molecule has 1 aromatic rings. The first kappa shape index (κ1) is 14.7. The van der Waals surface area contributed by atoms with Gasteiger partial charge >= 0.3 is 5.97 Å². The number of carbonyl (C=O) groups is 3. The average Bonchev–Trinajstić information content (AvgIpc) is 2.36. The Kier molecular flexibility index (Phi) is 5.05. The van der Waals surface area contributed by atoms with Crippen molar-refractivity contribution >= 4 is 17.7 Å². The number of ether oxygens (including phenoxy) is 2. The highest BCUT2D eigenvalue weighted by atomic mass is 16.6. The Balaban J connectivity index is 2.46. The molecule has 0 spiro atoms. The lowest BCUT2D eigenvalue weighted by Crippen LogP contribution is -2.32. The topological polar surface area (TPSA) is 95.7 Å². The van der Waals surface area contributed by atoms with E-state index in [1.165, 1.54) is 13.8 Å². The fraction of sp³-hybridized carbons (Fsp3) is 0.308. The Labute approximate surface area is 110 Å². The van der Waals surface area contributed by atoms with Crippen molar-refractivity contribution in [2.24, 2.45) is 5.73 Å². The Bertz CT molecular complexity index is 480. The largest absolute Gasteiger partial charge is 0.482 e. The van der Waals surface area contributed by atoms with Crippen LogP contribution in [-0.4, -0.2) is 30.4 Å². The summed E-state index contributed by atoms with van der Waals surface area (Å²) < 4.78 is 9.85. The molecule has 1 aromatic carbocycles. The third-order valence-electron chi connectivity index (χ3n) is 2.33. The molecule has 0 saturated heterocycles. The quantitative estimate of drug-likeness (QED) is 0.603. The van der Waals surface area contributed by atoms with Crippen LogP contribution in [0.2, 0.25) is 0 Å². The van der Waals surface area contributed by atoms with Gasteiger partial charge in [0.2, 0.25) is 0 Å². The number of esters is 1. The number of Topliss-reactive ketones (excluding diaryl/α,β-unsaturated/α-hetero) is 1. The van der Waals surface area contributed by atoms with Gasteiger partial charge in [0.25, 0.3) is 5.91 Å². The molecule has 0 aliphatic rings. The van der Waals surface area contributed by atoms with Crippen LogP contribution in [-0.2, 0) is 14.3 Å². The third-order valence-corrected chi connectivity index (χ3v) is 2.33. The van der Waals surface area contributed by atoms with E-state index < -0.39 is 18.0 Å². The number of ketones is 1. The van der Waals surface area contributed by atoms with Crippen LogP contribution in [0.15, 0.2) is 24.3 Å². The van der Waals surface area contributed by atoms with Crippen molar-refractivity contribution in [1.29, 1.82) is 0 Å². The molecule has 6 nitrogen and oxygen atoms in total. The van der Waals surface area contributed by atoms with Crippen LogP contribution in [0, 0.1) is 0 Å². The Hall–Kier alpha value is -2.37. The predicted molar refractivity (Wildman–Crippen MR) is 66.7 cm³/mol. The van der Waals surface area contributed by atoms with Crippen molar-refractivity contribution in [3.05, 3.63) is 29.8 Å². The standard InChI is InChI=1S/C13H15NO5/c1-8(15)10-3-5-11(6-4-10)18-7-12(16)19-9(2)13(14)17/h3-6,9H,7H2,1-2H3,(H2,14,17)/t9-/m0/s1. The second-order valence-corrected chi connectivity index (χ2v) is 3.90. The first-order valence-corrected chi connectivity index (χ1v) is 5.62. The molecule has 0 aliphatic carbocycles. The summed E-state index contributed by atoms with van der Waals surface area (Å²) in [4.78, 5) is 33.0. The van der Waals surface area contributed by atoms with E-state index in [2.05, 4.69) is 0 Å². The number of nitrogens with two attached hydrogens (primary N) is 1. The van der Waals surface area contributed by atoms with Crippen LogP contribution in [0.3, 0.4) is 0 Å². The van der Waals surface area contributed by atoms with Gasteiger partial charge in [-0.05, 0) is 38.1 Å². The molecule has 102 valence electrons. The van der Waals surface area contributed by atoms with E-state index in [-0.39, 0.29) is 12.4 Å². The molecule has 0 aliphatic heterocycles. The number of benzene rings is 1. The van der Waals surface area contributed by atoms with Crippen molar-refractivity contribution in [3.8, 4) is 5.75 Å². The van der Waals surface area contributed by atoms with Crippen LogP contribution in [0.1, 0.15) is 24.2 Å². The predicted octanol–water partition coefficient (Wildman–Crippen LogP) is 0.685. The molecule has 1 amide bonds. The summed E-state index contributed by atoms with van der Waals surface area (Å²) in [7, 11) is 0. The minimum absolute atomic E-state index is 0.0544. The fourth-order valence-corrected chi connectivity index (χ4v) is 1.22. The first-order chi connectivity index (χ1) is 8.90. The smallest absolute Gasteiger partial charge is 0.344 e. The monoisotopic (exact) mass is 265 g/mol. The first-order valence-electron chi connectivity index (χ1n) is 5.62. The van der Waals surface area contributed by atoms with Gasteiger partial charge in [-0.2, -0.15) is 0 Å². The van der Waals surface area contributed by atoms with Gasteiger partial charge in [-0.1, -0.05) is 0 Å². The van der Waals surface area contributed by atoms with Crippen LogP contribution < -0.4 is 10.5 Å². The minimum Gasteiger partial charge on any atom is -0.482 e. The van der Waals surface area contributed by atoms with Crippen LogP contribution in [0.5, 0.6) is 5.75 Å². The number of amides is 1. The Morgan fingerprint density at radius 1 is 1.21 bits per heavy atom. The number of hydrogen-bond acceptors (Lipinski definition) is 5. The maximum absolute atomic E-state index is 11.3. The zero-order valence-electron chi connectivity index (χ0n) is 10.7. The summed E-state index contributed by atoms with van der Waals surface area (Å²) >= 11 is 0. The molecule has 6 heteroatoms. The van der Waals surface area contributed by atoms with E-state index in [4.69, 9.17) is 15.2 Å². The van der Waals surface area contributed by atoms with Gasteiger partial charge in [-0.25, -0.2) is 4.79 Å². The van der Waals surface area contributed by atoms with Crippen LogP contribution in [0.4, 0.5) is 0 Å². The molecular weight excluding hydrogens is 250 g/mol. The third kappa shape index (κ3) is 4.79. The lowest BCUT2D eigenvalue weighted by Gasteiger charge is -2.10. The average molecular weight is 265 g/mol. The van der Waals surface area contributed by atoms with Gasteiger partial charge in [-0.15, -0.1) is 0 Å². The lowest BCUT2D eigenvalue weighted by atomic mass is 10.1. The Morgan fingerprint density at radius 3 is 2.26 bits per heavy atom. The minimum atomic E-state index is -0.990. The van der Waals surface area contributed by atoms with Gasteiger partial charge in [0, 0.05) is 5.56 Å². The lowest BCUT2D eigenvalue weighted by molar-refractivity contribution is -0.155. The Morgan fingerprint density at radius 2 is 1.79 bits per heavy atom. The summed E-state index contributed by atoms with van der Waals surface area (Å²) in [6.45, 7) is 2.50. The van der Waals surface area contributed by atoms with E-state index in [1.54, 1.807) is 24.3 Å². The second kappa shape index (κ2) is 6.53. The molecule has 0 saturated carbocycles. The number of hydrogen-bond donors (Lipinski definition) is 1. The van der Waals surface area contributed by atoms with Gasteiger partial charge < -0.3 is 15.2 Å². The number of carbonyl (C=O) groups excluding carboxylic acids is 3. The molecule has 0 fully saturated rings. The van der Waals surface area contributed by atoms with Crippen molar-refractivity contribution in [3.63, 3.8) is 0 Å². The van der Waals surface area contributed by atoms with E-state index in [9.17, 15) is 14.4 Å².